The lowest BCUT2D eigenvalue weighted by molar-refractivity contribution is 0.174. The first-order chi connectivity index (χ1) is 12.8. The summed E-state index contributed by atoms with van der Waals surface area (Å²) >= 11 is 3.52. The van der Waals surface area contributed by atoms with E-state index in [1.165, 1.54) is 10.9 Å². The maximum Gasteiger partial charge on any atom is 0.231 e. The fourth-order valence-electron chi connectivity index (χ4n) is 3.38. The van der Waals surface area contributed by atoms with Gasteiger partial charge in [-0.2, -0.15) is 0 Å². The topological polar surface area (TPSA) is 52.1 Å². The van der Waals surface area contributed by atoms with Gasteiger partial charge in [0, 0.05) is 33.7 Å². The molecule has 1 aliphatic heterocycles. The van der Waals surface area contributed by atoms with Crippen molar-refractivity contribution < 1.29 is 9.47 Å². The van der Waals surface area contributed by atoms with Gasteiger partial charge in [0.05, 0.1) is 18.2 Å². The van der Waals surface area contributed by atoms with Gasteiger partial charge in [-0.3, -0.25) is 0 Å². The molecule has 0 amide bonds. The molecule has 3 heterocycles. The molecule has 0 unspecified atom stereocenters. The Morgan fingerprint density at radius 3 is 3.00 bits per heavy atom. The number of H-pyrrole nitrogens is 1. The van der Waals surface area contributed by atoms with Crippen LogP contribution in [0, 0.1) is 0 Å². The number of aryl methyl sites for hydroxylation is 2. The summed E-state index contributed by atoms with van der Waals surface area (Å²) in [7, 11) is 0. The Morgan fingerprint density at radius 1 is 1.12 bits per heavy atom. The number of aromatic nitrogens is 3. The van der Waals surface area contributed by atoms with Crippen LogP contribution in [0.15, 0.2) is 59.6 Å². The van der Waals surface area contributed by atoms with Crippen molar-refractivity contribution in [1.82, 2.24) is 14.5 Å². The first kappa shape index (κ1) is 15.5. The molecule has 0 spiro atoms. The maximum absolute atomic E-state index is 5.47. The fourth-order valence-corrected chi connectivity index (χ4v) is 3.74. The van der Waals surface area contributed by atoms with E-state index < -0.39 is 0 Å². The van der Waals surface area contributed by atoms with Crippen LogP contribution in [0.1, 0.15) is 5.56 Å². The molecule has 0 fully saturated rings. The summed E-state index contributed by atoms with van der Waals surface area (Å²) in [6, 6.07) is 12.4. The molecule has 0 radical (unpaired) electrons. The second-order valence-electron chi connectivity index (χ2n) is 6.30. The van der Waals surface area contributed by atoms with Crippen LogP contribution in [-0.4, -0.2) is 21.3 Å². The van der Waals surface area contributed by atoms with Crippen LogP contribution < -0.4 is 9.47 Å². The first-order valence-corrected chi connectivity index (χ1v) is 9.23. The minimum Gasteiger partial charge on any atom is -0.454 e. The summed E-state index contributed by atoms with van der Waals surface area (Å²) in [5.74, 6) is 1.65. The Balaban J connectivity index is 1.42. The van der Waals surface area contributed by atoms with Crippen molar-refractivity contribution in [2.75, 3.05) is 6.79 Å². The van der Waals surface area contributed by atoms with E-state index in [0.29, 0.717) is 6.79 Å². The van der Waals surface area contributed by atoms with Crippen molar-refractivity contribution in [1.29, 1.82) is 0 Å². The van der Waals surface area contributed by atoms with Crippen LogP contribution in [-0.2, 0) is 13.0 Å². The van der Waals surface area contributed by atoms with E-state index in [1.807, 2.05) is 24.8 Å². The largest absolute Gasteiger partial charge is 0.454 e. The Kier molecular flexibility index (Phi) is 3.71. The number of rotatable bonds is 4. The number of hydrogen-bond acceptors (Lipinski definition) is 3. The van der Waals surface area contributed by atoms with Gasteiger partial charge in [0.25, 0.3) is 0 Å². The molecule has 1 N–H and O–H groups in total. The lowest BCUT2D eigenvalue weighted by atomic mass is 10.1. The third-order valence-electron chi connectivity index (χ3n) is 4.71. The summed E-state index contributed by atoms with van der Waals surface area (Å²) in [6.45, 7) is 1.15. The van der Waals surface area contributed by atoms with Crippen LogP contribution in [0.3, 0.4) is 0 Å². The van der Waals surface area contributed by atoms with E-state index in [0.717, 1.165) is 45.7 Å². The van der Waals surface area contributed by atoms with Gasteiger partial charge in [-0.15, -0.1) is 0 Å². The van der Waals surface area contributed by atoms with Crippen LogP contribution in [0.4, 0.5) is 0 Å². The SMILES string of the molecule is Brc1ccc2c(-c3cncn3CCc3ccc4c(c3)OCO4)c[nH]c2c1. The van der Waals surface area contributed by atoms with E-state index in [1.54, 1.807) is 0 Å². The smallest absolute Gasteiger partial charge is 0.231 e. The molecular weight excluding hydrogens is 394 g/mol. The Hall–Kier alpha value is -2.73. The number of fused-ring (bicyclic) bond motifs is 2. The number of ether oxygens (including phenoxy) is 2. The highest BCUT2D eigenvalue weighted by Gasteiger charge is 2.14. The monoisotopic (exact) mass is 409 g/mol. The molecular formula is C20H16BrN3O2. The fraction of sp³-hybridized carbons (Fsp3) is 0.150. The van der Waals surface area contributed by atoms with E-state index in [2.05, 4.69) is 60.8 Å². The van der Waals surface area contributed by atoms with Crippen LogP contribution in [0.25, 0.3) is 22.2 Å². The summed E-state index contributed by atoms with van der Waals surface area (Å²) in [4.78, 5) is 7.71. The Morgan fingerprint density at radius 2 is 2.04 bits per heavy atom. The lowest BCUT2D eigenvalue weighted by Crippen LogP contribution is -2.01. The molecule has 1 aliphatic rings. The average molecular weight is 410 g/mol. The molecule has 2 aromatic heterocycles. The quantitative estimate of drug-likeness (QED) is 0.528. The zero-order valence-electron chi connectivity index (χ0n) is 13.9. The lowest BCUT2D eigenvalue weighted by Gasteiger charge is -2.08. The second-order valence-corrected chi connectivity index (χ2v) is 7.22. The summed E-state index contributed by atoms with van der Waals surface area (Å²) in [6.07, 6.45) is 6.75. The molecule has 5 nitrogen and oxygen atoms in total. The number of hydrogen-bond donors (Lipinski definition) is 1. The van der Waals surface area contributed by atoms with E-state index >= 15 is 0 Å². The zero-order chi connectivity index (χ0) is 17.5. The third-order valence-corrected chi connectivity index (χ3v) is 5.20. The van der Waals surface area contributed by atoms with Crippen molar-refractivity contribution in [2.24, 2.45) is 0 Å². The van der Waals surface area contributed by atoms with E-state index in [9.17, 15) is 0 Å². The zero-order valence-corrected chi connectivity index (χ0v) is 15.5. The minimum atomic E-state index is 0.307. The highest BCUT2D eigenvalue weighted by Crippen LogP contribution is 2.33. The molecule has 26 heavy (non-hydrogen) atoms. The predicted molar refractivity (Wildman–Crippen MR) is 103 cm³/mol. The van der Waals surface area contributed by atoms with Gasteiger partial charge in [0.1, 0.15) is 0 Å². The number of benzene rings is 2. The molecule has 2 aromatic carbocycles. The predicted octanol–water partition coefficient (Wildman–Crippen LogP) is 4.77. The molecule has 6 heteroatoms. The highest BCUT2D eigenvalue weighted by molar-refractivity contribution is 9.10. The summed E-state index contributed by atoms with van der Waals surface area (Å²) in [5.41, 5.74) is 4.60. The second kappa shape index (κ2) is 6.21. The normalized spacial score (nSPS) is 12.8. The number of imidazole rings is 1. The van der Waals surface area contributed by atoms with E-state index in [-0.39, 0.29) is 0 Å². The van der Waals surface area contributed by atoms with Crippen molar-refractivity contribution >= 4 is 26.8 Å². The van der Waals surface area contributed by atoms with Gasteiger partial charge in [-0.25, -0.2) is 4.98 Å². The number of nitrogens with one attached hydrogen (secondary N) is 1. The van der Waals surface area contributed by atoms with Gasteiger partial charge in [-0.05, 0) is 36.2 Å². The highest BCUT2D eigenvalue weighted by atomic mass is 79.9. The van der Waals surface area contributed by atoms with Gasteiger partial charge in [-0.1, -0.05) is 28.1 Å². The van der Waals surface area contributed by atoms with Crippen molar-refractivity contribution in [3.05, 3.63) is 65.2 Å². The Labute approximate surface area is 158 Å². The third kappa shape index (κ3) is 2.66. The maximum atomic E-state index is 5.47. The van der Waals surface area contributed by atoms with Gasteiger partial charge in [0.15, 0.2) is 11.5 Å². The molecule has 0 atom stereocenters. The standard InChI is InChI=1S/C20H16BrN3O2/c21-14-2-3-15-16(9-23-17(15)8-14)18-10-22-11-24(18)6-5-13-1-4-19-20(7-13)26-12-25-19/h1-4,7-11,23H,5-6,12H2. The summed E-state index contributed by atoms with van der Waals surface area (Å²) < 4.78 is 14.1. The number of nitrogens with zero attached hydrogens (tertiary/aromatic N) is 2. The van der Waals surface area contributed by atoms with Crippen LogP contribution >= 0.6 is 15.9 Å². The molecule has 4 aromatic rings. The average Bonchev–Trinajstić information content (AvgIpc) is 3.37. The van der Waals surface area contributed by atoms with Gasteiger partial charge < -0.3 is 19.0 Å². The van der Waals surface area contributed by atoms with Crippen LogP contribution in [0.2, 0.25) is 0 Å². The molecule has 0 saturated heterocycles. The summed E-state index contributed by atoms with van der Waals surface area (Å²) in [5, 5.41) is 1.19. The first-order valence-electron chi connectivity index (χ1n) is 8.43. The van der Waals surface area contributed by atoms with Crippen molar-refractivity contribution in [3.8, 4) is 22.8 Å². The van der Waals surface area contributed by atoms with E-state index in [4.69, 9.17) is 9.47 Å². The molecule has 0 aliphatic carbocycles. The van der Waals surface area contributed by atoms with Crippen molar-refractivity contribution in [2.45, 2.75) is 13.0 Å². The molecule has 130 valence electrons. The molecule has 0 saturated carbocycles. The van der Waals surface area contributed by atoms with Gasteiger partial charge >= 0.3 is 0 Å². The number of halogens is 1. The van der Waals surface area contributed by atoms with Crippen LogP contribution in [0.5, 0.6) is 11.5 Å². The van der Waals surface area contributed by atoms with Gasteiger partial charge in [0.2, 0.25) is 6.79 Å². The van der Waals surface area contributed by atoms with Crippen molar-refractivity contribution in [3.63, 3.8) is 0 Å². The molecule has 5 rings (SSSR count). The Bertz CT molecular complexity index is 1100. The number of aromatic amines is 1. The minimum absolute atomic E-state index is 0.307. The molecule has 0 bridgehead atoms.